The van der Waals surface area contributed by atoms with Gasteiger partial charge < -0.3 is 42.6 Å². The van der Waals surface area contributed by atoms with Crippen LogP contribution in [0.2, 0.25) is 0 Å². The maximum atomic E-state index is 5.64. The van der Waals surface area contributed by atoms with E-state index in [2.05, 4.69) is 0 Å². The molecule has 0 amide bonds. The van der Waals surface area contributed by atoms with Crippen LogP contribution in [0.25, 0.3) is 0 Å². The highest BCUT2D eigenvalue weighted by Gasteiger charge is 1.96. The maximum absolute atomic E-state index is 5.64. The summed E-state index contributed by atoms with van der Waals surface area (Å²) in [6.45, 7) is 13.8. The van der Waals surface area contributed by atoms with Crippen molar-refractivity contribution in [3.8, 4) is 0 Å². The summed E-state index contributed by atoms with van der Waals surface area (Å²) in [5.74, 6) is 0.748. The Morgan fingerprint density at radius 2 is 0.657 bits per heavy atom. The summed E-state index contributed by atoms with van der Waals surface area (Å²) in [7, 11) is 0. The van der Waals surface area contributed by atoms with Crippen molar-refractivity contribution in [2.45, 2.75) is 45.6 Å². The smallest absolute Gasteiger partial charge is 0.0703 e. The summed E-state index contributed by atoms with van der Waals surface area (Å²) < 4.78 is 49.0. The Morgan fingerprint density at radius 1 is 0.371 bits per heavy atom. The Bertz CT molecular complexity index is 379. The number of unbranched alkanes of at least 4 members (excludes halogenated alkanes) is 3. The molecule has 0 atom stereocenters. The second-order valence-electron chi connectivity index (χ2n) is 7.92. The fourth-order valence-electron chi connectivity index (χ4n) is 2.64. The predicted octanol–water partition coefficient (Wildman–Crippen LogP) is 3.34. The minimum atomic E-state index is 0.238. The lowest BCUT2D eigenvalue weighted by atomic mass is 10.2. The third-order valence-electron chi connectivity index (χ3n) is 4.46. The number of halogens is 1. The second kappa shape index (κ2) is 32.0. The molecule has 0 aromatic rings. The molecule has 0 bridgehead atoms. The van der Waals surface area contributed by atoms with Crippen LogP contribution in [0.4, 0.5) is 0 Å². The Balaban J connectivity index is 3.01. The van der Waals surface area contributed by atoms with Gasteiger partial charge in [0, 0.05) is 12.5 Å². The van der Waals surface area contributed by atoms with Crippen LogP contribution in [-0.4, -0.2) is 124 Å². The third-order valence-corrected chi connectivity index (χ3v) is 4.72. The summed E-state index contributed by atoms with van der Waals surface area (Å²) in [5.41, 5.74) is 0. The van der Waals surface area contributed by atoms with Crippen molar-refractivity contribution in [2.75, 3.05) is 118 Å². The van der Waals surface area contributed by atoms with Crippen molar-refractivity contribution in [3.05, 3.63) is 0 Å². The second-order valence-corrected chi connectivity index (χ2v) is 8.30. The molecule has 0 fully saturated rings. The quantitative estimate of drug-likeness (QED) is 0.0989. The highest BCUT2D eigenvalue weighted by Crippen LogP contribution is 2.01. The molecule has 10 heteroatoms. The van der Waals surface area contributed by atoms with E-state index in [-0.39, 0.29) is 6.10 Å². The van der Waals surface area contributed by atoms with Crippen LogP contribution in [-0.2, 0) is 42.6 Å². The molecule has 0 unspecified atom stereocenters. The van der Waals surface area contributed by atoms with Gasteiger partial charge in [-0.05, 0) is 26.7 Å². The van der Waals surface area contributed by atoms with Gasteiger partial charge >= 0.3 is 0 Å². The van der Waals surface area contributed by atoms with Crippen LogP contribution in [0, 0.1) is 0 Å². The van der Waals surface area contributed by atoms with Gasteiger partial charge in [0.15, 0.2) is 0 Å². The molecule has 0 aromatic carbocycles. The van der Waals surface area contributed by atoms with Crippen LogP contribution >= 0.6 is 11.6 Å². The molecule has 0 heterocycles. The molecule has 0 spiro atoms. The normalized spacial score (nSPS) is 11.7. The van der Waals surface area contributed by atoms with Gasteiger partial charge in [-0.2, -0.15) is 0 Å². The molecule has 0 radical (unpaired) electrons. The lowest BCUT2D eigenvalue weighted by Gasteiger charge is -2.09. The number of rotatable bonds is 31. The van der Waals surface area contributed by atoms with Gasteiger partial charge in [0.25, 0.3) is 0 Å². The molecule has 0 aliphatic rings. The molecular formula is C25H51ClO9. The van der Waals surface area contributed by atoms with Crippen LogP contribution < -0.4 is 0 Å². The summed E-state index contributed by atoms with van der Waals surface area (Å²) in [5, 5.41) is 0. The van der Waals surface area contributed by atoms with E-state index in [9.17, 15) is 0 Å². The highest BCUT2D eigenvalue weighted by atomic mass is 35.5. The summed E-state index contributed by atoms with van der Waals surface area (Å²) in [4.78, 5) is 0. The van der Waals surface area contributed by atoms with E-state index < -0.39 is 0 Å². The molecule has 0 aromatic heterocycles. The zero-order chi connectivity index (χ0) is 25.5. The molecule has 9 nitrogen and oxygen atoms in total. The monoisotopic (exact) mass is 530 g/mol. The third kappa shape index (κ3) is 33.9. The van der Waals surface area contributed by atoms with E-state index >= 15 is 0 Å². The topological polar surface area (TPSA) is 83.1 Å². The molecule has 212 valence electrons. The van der Waals surface area contributed by atoms with Gasteiger partial charge in [-0.25, -0.2) is 0 Å². The van der Waals surface area contributed by atoms with Gasteiger partial charge in [-0.3, -0.25) is 0 Å². The lowest BCUT2D eigenvalue weighted by molar-refractivity contribution is -0.0269. The molecule has 0 N–H and O–H groups in total. The zero-order valence-corrected chi connectivity index (χ0v) is 22.9. The average molecular weight is 531 g/mol. The SMILES string of the molecule is CC(C)OCCOCCOCCOCCOCCOCCOCCOCCOCCCCCCCl. The number of hydrogen-bond donors (Lipinski definition) is 0. The predicted molar refractivity (Wildman–Crippen MR) is 137 cm³/mol. The maximum Gasteiger partial charge on any atom is 0.0703 e. The summed E-state index contributed by atoms with van der Waals surface area (Å²) in [6, 6.07) is 0. The molecule has 0 saturated heterocycles. The van der Waals surface area contributed by atoms with E-state index in [0.29, 0.717) is 106 Å². The minimum Gasteiger partial charge on any atom is -0.379 e. The van der Waals surface area contributed by atoms with Crippen molar-refractivity contribution in [2.24, 2.45) is 0 Å². The standard InChI is InChI=1S/C25H51ClO9/c1-25(2)35-24-23-34-22-21-33-20-19-32-18-17-31-16-15-30-14-13-29-12-11-28-10-9-27-8-6-4-3-5-7-26/h25H,3-24H2,1-2H3. The zero-order valence-electron chi connectivity index (χ0n) is 22.2. The molecule has 0 aliphatic heterocycles. The largest absolute Gasteiger partial charge is 0.379 e. The van der Waals surface area contributed by atoms with Crippen LogP contribution in [0.5, 0.6) is 0 Å². The van der Waals surface area contributed by atoms with Gasteiger partial charge in [-0.15, -0.1) is 11.6 Å². The minimum absolute atomic E-state index is 0.238. The Labute approximate surface area is 218 Å². The van der Waals surface area contributed by atoms with Gasteiger partial charge in [-0.1, -0.05) is 12.8 Å². The van der Waals surface area contributed by atoms with E-state index in [4.69, 9.17) is 54.2 Å². The first kappa shape index (κ1) is 34.9. The summed E-state index contributed by atoms with van der Waals surface area (Å²) in [6.07, 6.45) is 4.76. The van der Waals surface area contributed by atoms with Crippen molar-refractivity contribution in [1.82, 2.24) is 0 Å². The molecule has 0 rings (SSSR count). The Hall–Kier alpha value is -0.0700. The van der Waals surface area contributed by atoms with Crippen LogP contribution in [0.1, 0.15) is 39.5 Å². The van der Waals surface area contributed by atoms with E-state index in [1.54, 1.807) is 0 Å². The van der Waals surface area contributed by atoms with Gasteiger partial charge in [0.05, 0.1) is 112 Å². The van der Waals surface area contributed by atoms with E-state index in [1.807, 2.05) is 13.8 Å². The lowest BCUT2D eigenvalue weighted by Crippen LogP contribution is -2.15. The van der Waals surface area contributed by atoms with Crippen LogP contribution in [0.15, 0.2) is 0 Å². The number of alkyl halides is 1. The van der Waals surface area contributed by atoms with Gasteiger partial charge in [0.1, 0.15) is 0 Å². The average Bonchev–Trinajstić information content (AvgIpc) is 2.85. The molecule has 0 saturated carbocycles. The van der Waals surface area contributed by atoms with E-state index in [1.165, 1.54) is 12.8 Å². The molecule has 35 heavy (non-hydrogen) atoms. The van der Waals surface area contributed by atoms with Crippen LogP contribution in [0.3, 0.4) is 0 Å². The fraction of sp³-hybridized carbons (Fsp3) is 1.00. The number of ether oxygens (including phenoxy) is 9. The number of hydrogen-bond acceptors (Lipinski definition) is 9. The van der Waals surface area contributed by atoms with Crippen molar-refractivity contribution >= 4 is 11.6 Å². The highest BCUT2D eigenvalue weighted by molar-refractivity contribution is 6.17. The van der Waals surface area contributed by atoms with Crippen molar-refractivity contribution in [3.63, 3.8) is 0 Å². The Morgan fingerprint density at radius 3 is 0.971 bits per heavy atom. The van der Waals surface area contributed by atoms with Crippen molar-refractivity contribution < 1.29 is 42.6 Å². The fourth-order valence-corrected chi connectivity index (χ4v) is 2.83. The van der Waals surface area contributed by atoms with Gasteiger partial charge in [0.2, 0.25) is 0 Å². The molecule has 0 aliphatic carbocycles. The van der Waals surface area contributed by atoms with Crippen molar-refractivity contribution in [1.29, 1.82) is 0 Å². The first-order valence-electron chi connectivity index (χ1n) is 13.1. The first-order chi connectivity index (χ1) is 17.3. The Kier molecular flexibility index (Phi) is 31.9. The first-order valence-corrected chi connectivity index (χ1v) is 13.6. The van der Waals surface area contributed by atoms with E-state index in [0.717, 1.165) is 25.3 Å². The molecular weight excluding hydrogens is 480 g/mol. The summed E-state index contributed by atoms with van der Waals surface area (Å²) >= 11 is 5.64.